The minimum atomic E-state index is -3.75. The van der Waals surface area contributed by atoms with Crippen LogP contribution in [0, 0.1) is 0 Å². The molecule has 0 unspecified atom stereocenters. The van der Waals surface area contributed by atoms with Gasteiger partial charge in [0, 0.05) is 18.8 Å². The van der Waals surface area contributed by atoms with Gasteiger partial charge < -0.3 is 10.2 Å². The standard InChI is InChI=1S/C9H14F2N4O3S/c10-8(11)6-18-4-3-14-19(16,17)7-1-2-13-9(5-7)15-12/h1-2,5,8,14H,3-4,6,12H2,(H,13,15). The summed E-state index contributed by atoms with van der Waals surface area (Å²) in [4.78, 5) is 3.73. The Balaban J connectivity index is 2.51. The molecule has 0 bridgehead atoms. The number of aromatic nitrogens is 1. The number of alkyl halides is 2. The predicted octanol–water partition coefficient (Wildman–Crippen LogP) is -0.0728. The first-order valence-electron chi connectivity index (χ1n) is 5.24. The van der Waals surface area contributed by atoms with Crippen LogP contribution in [0.5, 0.6) is 0 Å². The molecule has 0 aromatic carbocycles. The van der Waals surface area contributed by atoms with E-state index in [9.17, 15) is 17.2 Å². The van der Waals surface area contributed by atoms with Gasteiger partial charge in [-0.25, -0.2) is 32.7 Å². The molecule has 0 radical (unpaired) electrons. The summed E-state index contributed by atoms with van der Waals surface area (Å²) in [7, 11) is -3.75. The van der Waals surface area contributed by atoms with Crippen molar-refractivity contribution in [3.8, 4) is 0 Å². The number of hydrazine groups is 1. The second-order valence-electron chi connectivity index (χ2n) is 3.38. The van der Waals surface area contributed by atoms with Crippen molar-refractivity contribution in [2.45, 2.75) is 11.3 Å². The molecule has 0 atom stereocenters. The van der Waals surface area contributed by atoms with E-state index in [1.54, 1.807) is 0 Å². The lowest BCUT2D eigenvalue weighted by Crippen LogP contribution is -2.28. The molecule has 0 aliphatic heterocycles. The molecule has 1 rings (SSSR count). The Morgan fingerprint density at radius 3 is 2.84 bits per heavy atom. The van der Waals surface area contributed by atoms with E-state index in [0.717, 1.165) is 0 Å². The van der Waals surface area contributed by atoms with Crippen LogP contribution >= 0.6 is 0 Å². The van der Waals surface area contributed by atoms with E-state index < -0.39 is 23.1 Å². The van der Waals surface area contributed by atoms with E-state index in [1.807, 2.05) is 0 Å². The predicted molar refractivity (Wildman–Crippen MR) is 64.1 cm³/mol. The third-order valence-corrected chi connectivity index (χ3v) is 3.43. The van der Waals surface area contributed by atoms with Gasteiger partial charge in [0.25, 0.3) is 6.43 Å². The van der Waals surface area contributed by atoms with Crippen LogP contribution in [0.4, 0.5) is 14.6 Å². The van der Waals surface area contributed by atoms with Crippen LogP contribution in [0.1, 0.15) is 0 Å². The van der Waals surface area contributed by atoms with Crippen molar-refractivity contribution >= 4 is 15.8 Å². The molecule has 0 saturated carbocycles. The summed E-state index contributed by atoms with van der Waals surface area (Å²) in [6.45, 7) is -0.975. The van der Waals surface area contributed by atoms with E-state index in [2.05, 4.69) is 19.9 Å². The molecule has 1 heterocycles. The number of nitrogen functional groups attached to an aromatic ring is 1. The molecule has 0 spiro atoms. The number of sulfonamides is 1. The number of nitrogens with zero attached hydrogens (tertiary/aromatic N) is 1. The number of ether oxygens (including phenoxy) is 1. The van der Waals surface area contributed by atoms with Crippen molar-refractivity contribution in [1.29, 1.82) is 0 Å². The van der Waals surface area contributed by atoms with E-state index in [-0.39, 0.29) is 23.9 Å². The van der Waals surface area contributed by atoms with Crippen molar-refractivity contribution in [3.05, 3.63) is 18.3 Å². The first-order valence-corrected chi connectivity index (χ1v) is 6.72. The normalized spacial score (nSPS) is 11.8. The Morgan fingerprint density at radius 2 is 2.21 bits per heavy atom. The summed E-state index contributed by atoms with van der Waals surface area (Å²) in [5.41, 5.74) is 2.22. The third-order valence-electron chi connectivity index (χ3n) is 1.97. The zero-order valence-corrected chi connectivity index (χ0v) is 10.7. The van der Waals surface area contributed by atoms with Crippen molar-refractivity contribution < 1.29 is 21.9 Å². The lowest BCUT2D eigenvalue weighted by atomic mass is 10.5. The van der Waals surface area contributed by atoms with Gasteiger partial charge in [0.1, 0.15) is 12.4 Å². The SMILES string of the molecule is NNc1cc(S(=O)(=O)NCCOCC(F)F)ccn1. The van der Waals surface area contributed by atoms with Crippen LogP contribution in [0.15, 0.2) is 23.2 Å². The number of hydrogen-bond donors (Lipinski definition) is 3. The Morgan fingerprint density at radius 1 is 1.47 bits per heavy atom. The fraction of sp³-hybridized carbons (Fsp3) is 0.444. The molecule has 0 amide bonds. The molecule has 19 heavy (non-hydrogen) atoms. The smallest absolute Gasteiger partial charge is 0.261 e. The Hall–Kier alpha value is -1.36. The molecule has 1 aromatic heterocycles. The van der Waals surface area contributed by atoms with Gasteiger partial charge in [-0.3, -0.25) is 0 Å². The molecule has 4 N–H and O–H groups in total. The minimum Gasteiger partial charge on any atom is -0.374 e. The fourth-order valence-electron chi connectivity index (χ4n) is 1.16. The quantitative estimate of drug-likeness (QED) is 0.352. The number of nitrogens with two attached hydrogens (primary N) is 1. The topological polar surface area (TPSA) is 106 Å². The molecular weight excluding hydrogens is 282 g/mol. The Bertz CT molecular complexity index is 498. The van der Waals surface area contributed by atoms with Crippen LogP contribution < -0.4 is 16.0 Å². The van der Waals surface area contributed by atoms with Crippen molar-refractivity contribution in [2.24, 2.45) is 5.84 Å². The largest absolute Gasteiger partial charge is 0.374 e. The van der Waals surface area contributed by atoms with Gasteiger partial charge in [-0.1, -0.05) is 0 Å². The zero-order valence-electron chi connectivity index (χ0n) is 9.84. The van der Waals surface area contributed by atoms with E-state index >= 15 is 0 Å². The molecule has 10 heteroatoms. The molecule has 0 saturated heterocycles. The number of nitrogens with one attached hydrogen (secondary N) is 2. The van der Waals surface area contributed by atoms with Gasteiger partial charge in [-0.15, -0.1) is 0 Å². The first-order chi connectivity index (χ1) is 8.95. The first kappa shape index (κ1) is 15.7. The van der Waals surface area contributed by atoms with Crippen LogP contribution in [-0.4, -0.2) is 39.6 Å². The van der Waals surface area contributed by atoms with Gasteiger partial charge in [0.2, 0.25) is 10.0 Å². The number of rotatable bonds is 8. The minimum absolute atomic E-state index is 0.0377. The maximum Gasteiger partial charge on any atom is 0.261 e. The Labute approximate surface area is 109 Å². The van der Waals surface area contributed by atoms with Gasteiger partial charge in [0.15, 0.2) is 0 Å². The highest BCUT2D eigenvalue weighted by Crippen LogP contribution is 2.11. The van der Waals surface area contributed by atoms with E-state index in [4.69, 9.17) is 5.84 Å². The van der Waals surface area contributed by atoms with E-state index in [0.29, 0.717) is 0 Å². The van der Waals surface area contributed by atoms with Crippen molar-refractivity contribution in [3.63, 3.8) is 0 Å². The second-order valence-corrected chi connectivity index (χ2v) is 5.15. The zero-order chi connectivity index (χ0) is 14.3. The molecule has 7 nitrogen and oxygen atoms in total. The summed E-state index contributed by atoms with van der Waals surface area (Å²) < 4.78 is 53.8. The van der Waals surface area contributed by atoms with Crippen molar-refractivity contribution in [2.75, 3.05) is 25.2 Å². The van der Waals surface area contributed by atoms with Crippen molar-refractivity contribution in [1.82, 2.24) is 9.71 Å². The maximum atomic E-state index is 11.8. The van der Waals surface area contributed by atoms with Crippen LogP contribution in [-0.2, 0) is 14.8 Å². The monoisotopic (exact) mass is 296 g/mol. The van der Waals surface area contributed by atoms with Gasteiger partial charge in [0.05, 0.1) is 11.5 Å². The number of anilines is 1. The summed E-state index contributed by atoms with van der Waals surface area (Å²) in [5, 5.41) is 0. The van der Waals surface area contributed by atoms with Gasteiger partial charge in [-0.2, -0.15) is 0 Å². The lowest BCUT2D eigenvalue weighted by Gasteiger charge is -2.08. The summed E-state index contributed by atoms with van der Waals surface area (Å²) in [5.74, 6) is 5.30. The number of hydrogen-bond acceptors (Lipinski definition) is 6. The fourth-order valence-corrected chi connectivity index (χ4v) is 2.19. The molecule has 0 aliphatic carbocycles. The van der Waals surface area contributed by atoms with Gasteiger partial charge >= 0.3 is 0 Å². The van der Waals surface area contributed by atoms with E-state index in [1.165, 1.54) is 18.3 Å². The highest BCUT2D eigenvalue weighted by atomic mass is 32.2. The number of pyridine rings is 1. The van der Waals surface area contributed by atoms with Crippen LogP contribution in [0.25, 0.3) is 0 Å². The maximum absolute atomic E-state index is 11.8. The average Bonchev–Trinajstić information content (AvgIpc) is 2.38. The summed E-state index contributed by atoms with van der Waals surface area (Å²) >= 11 is 0. The Kier molecular flexibility index (Phi) is 6.02. The van der Waals surface area contributed by atoms with Gasteiger partial charge in [-0.05, 0) is 6.07 Å². The average molecular weight is 296 g/mol. The summed E-state index contributed by atoms with van der Waals surface area (Å²) in [6.07, 6.45) is -1.30. The summed E-state index contributed by atoms with van der Waals surface area (Å²) in [6, 6.07) is 2.52. The molecular formula is C9H14F2N4O3S. The number of halogens is 2. The molecule has 1 aromatic rings. The third kappa shape index (κ3) is 5.42. The molecule has 0 fully saturated rings. The lowest BCUT2D eigenvalue weighted by molar-refractivity contribution is 0.0199. The van der Waals surface area contributed by atoms with Crippen LogP contribution in [0.3, 0.4) is 0 Å². The molecule has 0 aliphatic rings. The molecule has 108 valence electrons. The van der Waals surface area contributed by atoms with Crippen LogP contribution in [0.2, 0.25) is 0 Å². The second kappa shape index (κ2) is 7.28. The highest BCUT2D eigenvalue weighted by Gasteiger charge is 2.14. The highest BCUT2D eigenvalue weighted by molar-refractivity contribution is 7.89.